The average molecular weight is 314 g/mol. The molecule has 1 aliphatic heterocycles. The van der Waals surface area contributed by atoms with Crippen LogP contribution in [0.3, 0.4) is 0 Å². The van der Waals surface area contributed by atoms with Crippen LogP contribution in [0.15, 0.2) is 24.5 Å². The monoisotopic (exact) mass is 313 g/mol. The number of ether oxygens (including phenoxy) is 1. The molecule has 1 fully saturated rings. The van der Waals surface area contributed by atoms with Gasteiger partial charge in [-0.3, -0.25) is 0 Å². The highest BCUT2D eigenvalue weighted by Crippen LogP contribution is 2.30. The van der Waals surface area contributed by atoms with Crippen molar-refractivity contribution < 1.29 is 13.5 Å². The summed E-state index contributed by atoms with van der Waals surface area (Å²) >= 11 is 5.99. The van der Waals surface area contributed by atoms with Crippen LogP contribution < -0.4 is 0 Å². The smallest absolute Gasteiger partial charge is 0.280 e. The molecule has 0 aromatic carbocycles. The van der Waals surface area contributed by atoms with E-state index >= 15 is 0 Å². The Kier molecular flexibility index (Phi) is 4.17. The molecule has 0 spiro atoms. The molecule has 0 radical (unpaired) electrons. The first-order chi connectivity index (χ1) is 10.1. The van der Waals surface area contributed by atoms with Gasteiger partial charge in [-0.15, -0.1) is 0 Å². The van der Waals surface area contributed by atoms with Crippen molar-refractivity contribution in [2.75, 3.05) is 6.61 Å². The van der Waals surface area contributed by atoms with E-state index in [1.165, 1.54) is 6.07 Å². The van der Waals surface area contributed by atoms with Crippen LogP contribution in [-0.2, 0) is 4.74 Å². The summed E-state index contributed by atoms with van der Waals surface area (Å²) in [7, 11) is 0. The van der Waals surface area contributed by atoms with Crippen LogP contribution in [-0.4, -0.2) is 21.4 Å². The topological polar surface area (TPSA) is 39.9 Å². The summed E-state index contributed by atoms with van der Waals surface area (Å²) in [5.74, 6) is 0. The van der Waals surface area contributed by atoms with Gasteiger partial charge in [0, 0.05) is 23.9 Å². The molecule has 2 aromatic heterocycles. The van der Waals surface area contributed by atoms with Gasteiger partial charge in [-0.1, -0.05) is 11.6 Å². The van der Waals surface area contributed by atoms with E-state index in [2.05, 4.69) is 10.1 Å². The number of alkyl halides is 2. The van der Waals surface area contributed by atoms with Crippen LogP contribution in [0, 0.1) is 0 Å². The predicted molar refractivity (Wildman–Crippen MR) is 74.3 cm³/mol. The maximum atomic E-state index is 12.6. The molecule has 1 saturated heterocycles. The Morgan fingerprint density at radius 1 is 1.33 bits per heavy atom. The normalized spacial score (nSPS) is 19.1. The van der Waals surface area contributed by atoms with Crippen LogP contribution in [0.2, 0.25) is 5.15 Å². The van der Waals surface area contributed by atoms with E-state index in [0.29, 0.717) is 5.56 Å². The molecular weight excluding hydrogens is 300 g/mol. The molecule has 0 N–H and O–H groups in total. The molecule has 1 atom stereocenters. The van der Waals surface area contributed by atoms with Crippen molar-refractivity contribution >= 4 is 11.6 Å². The van der Waals surface area contributed by atoms with Crippen molar-refractivity contribution in [3.63, 3.8) is 0 Å². The fraction of sp³-hybridized carbons (Fsp3) is 0.429. The summed E-state index contributed by atoms with van der Waals surface area (Å²) < 4.78 is 32.5. The highest BCUT2D eigenvalue weighted by atomic mass is 35.5. The summed E-state index contributed by atoms with van der Waals surface area (Å²) in [6, 6.07) is 2.82. The van der Waals surface area contributed by atoms with Crippen LogP contribution >= 0.6 is 11.6 Å². The molecular formula is C14H14ClF2N3O. The van der Waals surface area contributed by atoms with Crippen LogP contribution in [0.4, 0.5) is 8.78 Å². The van der Waals surface area contributed by atoms with Crippen molar-refractivity contribution in [1.29, 1.82) is 0 Å². The Morgan fingerprint density at radius 3 is 2.86 bits per heavy atom. The molecule has 0 amide bonds. The van der Waals surface area contributed by atoms with E-state index in [-0.39, 0.29) is 17.1 Å². The fourth-order valence-corrected chi connectivity index (χ4v) is 2.62. The third kappa shape index (κ3) is 3.06. The van der Waals surface area contributed by atoms with Gasteiger partial charge in [-0.05, 0) is 31.4 Å². The zero-order valence-electron chi connectivity index (χ0n) is 11.2. The zero-order chi connectivity index (χ0) is 14.8. The van der Waals surface area contributed by atoms with Gasteiger partial charge in [0.1, 0.15) is 17.1 Å². The van der Waals surface area contributed by atoms with E-state index < -0.39 is 6.43 Å². The summed E-state index contributed by atoms with van der Waals surface area (Å²) in [5, 5.41) is 4.32. The van der Waals surface area contributed by atoms with E-state index in [9.17, 15) is 8.78 Å². The third-order valence-corrected chi connectivity index (χ3v) is 3.75. The molecule has 0 bridgehead atoms. The maximum Gasteiger partial charge on any atom is 0.280 e. The van der Waals surface area contributed by atoms with Gasteiger partial charge in [0.25, 0.3) is 6.43 Å². The average Bonchev–Trinajstić information content (AvgIpc) is 2.97. The molecule has 3 rings (SSSR count). The van der Waals surface area contributed by atoms with Crippen molar-refractivity contribution in [3.05, 3.63) is 35.4 Å². The Balaban J connectivity index is 1.85. The quantitative estimate of drug-likeness (QED) is 0.796. The third-order valence-electron chi connectivity index (χ3n) is 3.46. The van der Waals surface area contributed by atoms with Crippen molar-refractivity contribution in [2.24, 2.45) is 0 Å². The lowest BCUT2D eigenvalue weighted by atomic mass is 10.1. The maximum absolute atomic E-state index is 12.6. The molecule has 112 valence electrons. The molecule has 2 aromatic rings. The van der Waals surface area contributed by atoms with Crippen LogP contribution in [0.25, 0.3) is 11.1 Å². The number of nitrogens with zero attached hydrogens (tertiary/aromatic N) is 3. The molecule has 4 nitrogen and oxygen atoms in total. The number of aromatic nitrogens is 3. The Hall–Kier alpha value is -1.53. The molecule has 0 saturated carbocycles. The lowest BCUT2D eigenvalue weighted by Gasteiger charge is -2.22. The molecule has 1 unspecified atom stereocenters. The summed E-state index contributed by atoms with van der Waals surface area (Å²) in [6.07, 6.45) is 3.83. The van der Waals surface area contributed by atoms with Gasteiger partial charge in [0.2, 0.25) is 0 Å². The first kappa shape index (κ1) is 14.4. The predicted octanol–water partition coefficient (Wildman–Crippen LogP) is 4.24. The highest BCUT2D eigenvalue weighted by molar-refractivity contribution is 6.32. The van der Waals surface area contributed by atoms with E-state index in [0.717, 1.165) is 31.4 Å². The van der Waals surface area contributed by atoms with Crippen molar-refractivity contribution in [1.82, 2.24) is 14.8 Å². The Morgan fingerprint density at radius 2 is 2.19 bits per heavy atom. The lowest BCUT2D eigenvalue weighted by molar-refractivity contribution is -0.0394. The van der Waals surface area contributed by atoms with E-state index in [4.69, 9.17) is 16.3 Å². The molecule has 0 aliphatic carbocycles. The fourth-order valence-electron chi connectivity index (χ4n) is 2.35. The zero-order valence-corrected chi connectivity index (χ0v) is 11.9. The number of halogens is 3. The summed E-state index contributed by atoms with van der Waals surface area (Å²) in [6.45, 7) is 0.727. The second-order valence-electron chi connectivity index (χ2n) is 4.91. The van der Waals surface area contributed by atoms with Gasteiger partial charge >= 0.3 is 0 Å². The number of pyridine rings is 1. The number of rotatable bonds is 3. The van der Waals surface area contributed by atoms with Gasteiger partial charge in [0.05, 0.1) is 6.20 Å². The van der Waals surface area contributed by atoms with E-state index in [1.807, 2.05) is 0 Å². The molecule has 3 heterocycles. The van der Waals surface area contributed by atoms with E-state index in [1.54, 1.807) is 23.1 Å². The van der Waals surface area contributed by atoms with Crippen LogP contribution in [0.5, 0.6) is 0 Å². The van der Waals surface area contributed by atoms with Gasteiger partial charge < -0.3 is 4.74 Å². The van der Waals surface area contributed by atoms with Gasteiger partial charge in [-0.2, -0.15) is 5.10 Å². The highest BCUT2D eigenvalue weighted by Gasteiger charge is 2.18. The van der Waals surface area contributed by atoms with Crippen molar-refractivity contribution in [2.45, 2.75) is 31.9 Å². The largest absolute Gasteiger partial charge is 0.357 e. The minimum absolute atomic E-state index is 0.0527. The molecule has 1 aliphatic rings. The van der Waals surface area contributed by atoms with Crippen molar-refractivity contribution in [3.8, 4) is 11.1 Å². The Bertz CT molecular complexity index is 626. The van der Waals surface area contributed by atoms with Crippen LogP contribution in [0.1, 0.15) is 37.6 Å². The number of hydrogen-bond donors (Lipinski definition) is 0. The summed E-state index contributed by atoms with van der Waals surface area (Å²) in [5.41, 5.74) is 0.998. The molecule has 21 heavy (non-hydrogen) atoms. The SMILES string of the molecule is FC(F)c1ccc(-c2cnn(C3CCCCO3)c2)c(Cl)n1. The first-order valence-corrected chi connectivity index (χ1v) is 7.13. The second kappa shape index (κ2) is 6.07. The lowest BCUT2D eigenvalue weighted by Crippen LogP contribution is -2.18. The second-order valence-corrected chi connectivity index (χ2v) is 5.26. The molecule has 7 heteroatoms. The Labute approximate surface area is 125 Å². The standard InChI is InChI=1S/C14H14ClF2N3O/c15-13-10(4-5-11(19-13)14(16)17)9-7-18-20(8-9)12-3-1-2-6-21-12/h4-5,7-8,12,14H,1-3,6H2. The van der Waals surface area contributed by atoms with Gasteiger partial charge in [0.15, 0.2) is 0 Å². The van der Waals surface area contributed by atoms with Gasteiger partial charge in [-0.25, -0.2) is 18.4 Å². The minimum atomic E-state index is -2.63. The first-order valence-electron chi connectivity index (χ1n) is 6.76. The number of hydrogen-bond acceptors (Lipinski definition) is 3. The summed E-state index contributed by atoms with van der Waals surface area (Å²) in [4.78, 5) is 3.72. The minimum Gasteiger partial charge on any atom is -0.357 e.